The molecule has 7 rings (SSSR count). The summed E-state index contributed by atoms with van der Waals surface area (Å²) in [7, 11) is 4.82. The predicted molar refractivity (Wildman–Crippen MR) is 217 cm³/mol. The third-order valence-corrected chi connectivity index (χ3v) is 12.2. The molecule has 11 heteroatoms. The van der Waals surface area contributed by atoms with Gasteiger partial charge in [-0.05, 0) is 133 Å². The number of rotatable bonds is 9. The van der Waals surface area contributed by atoms with Crippen LogP contribution in [0.4, 0.5) is 5.69 Å². The van der Waals surface area contributed by atoms with Crippen molar-refractivity contribution in [2.24, 2.45) is 11.3 Å². The fraction of sp³-hybridized carbons (Fsp3) is 0.400. The monoisotopic (exact) mass is 763 g/mol. The molecule has 4 atom stereocenters. The zero-order valence-electron chi connectivity index (χ0n) is 32.3. The molecule has 4 aromatic rings. The van der Waals surface area contributed by atoms with E-state index >= 15 is 4.79 Å². The van der Waals surface area contributed by atoms with Gasteiger partial charge in [0.15, 0.2) is 23.0 Å². The molecular formula is C45H53N3O8. The molecule has 0 amide bonds. The normalized spacial score (nSPS) is 21.4. The number of aromatic hydroxyl groups is 4. The summed E-state index contributed by atoms with van der Waals surface area (Å²) >= 11 is 0. The maximum atomic E-state index is 15.4. The van der Waals surface area contributed by atoms with Crippen LogP contribution in [0.1, 0.15) is 73.5 Å². The van der Waals surface area contributed by atoms with Crippen molar-refractivity contribution in [1.29, 1.82) is 0 Å². The van der Waals surface area contributed by atoms with Crippen LogP contribution in [0.15, 0.2) is 84.2 Å². The SMILES string of the molecule is CNCC1CC(c2cc(O)c(O)c(OC)c2)CC(=O)C(C(O)CCc2ccc(O)c(OC)c2)C2(CCCC2)C2=CCNC(=C2)Nc2ccc3cc(O)ccc3c21. The Hall–Kier alpha value is -5.39. The second-order valence-corrected chi connectivity index (χ2v) is 15.6. The van der Waals surface area contributed by atoms with Gasteiger partial charge >= 0.3 is 0 Å². The van der Waals surface area contributed by atoms with Crippen LogP contribution in [0.25, 0.3) is 10.8 Å². The number of fused-ring (bicyclic) bond motifs is 5. The first-order valence-corrected chi connectivity index (χ1v) is 19.5. The molecule has 0 saturated heterocycles. The molecule has 0 radical (unpaired) electrons. The summed E-state index contributed by atoms with van der Waals surface area (Å²) < 4.78 is 10.8. The van der Waals surface area contributed by atoms with E-state index in [9.17, 15) is 25.5 Å². The Morgan fingerprint density at radius 1 is 0.929 bits per heavy atom. The number of phenols is 4. The molecule has 1 spiro atoms. The lowest BCUT2D eigenvalue weighted by Gasteiger charge is -2.42. The van der Waals surface area contributed by atoms with Crippen LogP contribution in [-0.2, 0) is 11.2 Å². The number of methoxy groups -OCH3 is 2. The Morgan fingerprint density at radius 2 is 1.71 bits per heavy atom. The summed E-state index contributed by atoms with van der Waals surface area (Å²) in [6.07, 6.45) is 7.93. The van der Waals surface area contributed by atoms with Crippen LogP contribution < -0.4 is 25.4 Å². The fourth-order valence-corrected chi connectivity index (χ4v) is 9.64. The van der Waals surface area contributed by atoms with Crippen LogP contribution in [0.2, 0.25) is 0 Å². The number of hydrogen-bond donors (Lipinski definition) is 8. The molecule has 1 saturated carbocycles. The van der Waals surface area contributed by atoms with Crippen molar-refractivity contribution in [2.45, 2.75) is 69.3 Å². The minimum absolute atomic E-state index is 0.0361. The van der Waals surface area contributed by atoms with E-state index in [1.54, 1.807) is 30.3 Å². The smallest absolute Gasteiger partial charge is 0.200 e. The zero-order valence-corrected chi connectivity index (χ0v) is 32.3. The molecular weight excluding hydrogens is 711 g/mol. The predicted octanol–water partition coefficient (Wildman–Crippen LogP) is 7.08. The summed E-state index contributed by atoms with van der Waals surface area (Å²) in [5.41, 5.74) is 3.82. The second kappa shape index (κ2) is 16.4. The number of Topliss-reactive ketones (excluding diaryl/α,β-unsaturated/α-hetero) is 1. The summed E-state index contributed by atoms with van der Waals surface area (Å²) in [5, 5.41) is 67.1. The van der Waals surface area contributed by atoms with Crippen molar-refractivity contribution >= 4 is 22.2 Å². The number of carbonyl (C=O) groups excluding carboxylic acids is 1. The van der Waals surface area contributed by atoms with Gasteiger partial charge in [0.2, 0.25) is 5.75 Å². The number of ether oxygens (including phenoxy) is 2. The third kappa shape index (κ3) is 7.57. The van der Waals surface area contributed by atoms with Gasteiger partial charge in [-0.3, -0.25) is 4.79 Å². The van der Waals surface area contributed by atoms with Gasteiger partial charge in [-0.1, -0.05) is 37.1 Å². The lowest BCUT2D eigenvalue weighted by Crippen LogP contribution is -2.44. The van der Waals surface area contributed by atoms with E-state index in [2.05, 4.69) is 28.1 Å². The highest BCUT2D eigenvalue weighted by molar-refractivity contribution is 5.92. The van der Waals surface area contributed by atoms with Crippen LogP contribution in [0.5, 0.6) is 34.5 Å². The molecule has 8 N–H and O–H groups in total. The summed E-state index contributed by atoms with van der Waals surface area (Å²) in [4.78, 5) is 15.4. The largest absolute Gasteiger partial charge is 0.508 e. The highest BCUT2D eigenvalue weighted by atomic mass is 16.5. The van der Waals surface area contributed by atoms with Crippen molar-refractivity contribution in [3.63, 3.8) is 0 Å². The van der Waals surface area contributed by atoms with Crippen LogP contribution in [0.3, 0.4) is 0 Å². The van der Waals surface area contributed by atoms with E-state index < -0.39 is 23.4 Å². The highest BCUT2D eigenvalue weighted by Crippen LogP contribution is 2.54. The second-order valence-electron chi connectivity index (χ2n) is 15.6. The standard InChI is InChI=1S/C45H53N3O8/c1-46-25-30-19-28(29-22-38(53)44(54)40(23-29)56-3)21-37(52)43(36(51)13-7-26-6-12-35(50)39(18-26)55-2)45(15-4-5-16-45)31-14-17-47-41(24-31)48-34-11-8-27-20-32(49)9-10-33(27)42(30)34/h6,8-12,14,18,20,22-24,28,30,36,43,46-51,53-54H,4-5,7,13,15-17,19,21,25H2,1-3H3. The van der Waals surface area contributed by atoms with Crippen molar-refractivity contribution in [3.8, 4) is 34.5 Å². The Morgan fingerprint density at radius 3 is 2.46 bits per heavy atom. The quantitative estimate of drug-likeness (QED) is 0.0819. The van der Waals surface area contributed by atoms with Gasteiger partial charge < -0.3 is 51.0 Å². The van der Waals surface area contributed by atoms with Gasteiger partial charge in [-0.15, -0.1) is 0 Å². The number of aryl methyl sites for hydroxylation is 1. The average molecular weight is 764 g/mol. The number of dihydropyridines is 1. The summed E-state index contributed by atoms with van der Waals surface area (Å²) in [5.74, 6) is -0.692. The van der Waals surface area contributed by atoms with Gasteiger partial charge in [-0.25, -0.2) is 0 Å². The fourth-order valence-electron chi connectivity index (χ4n) is 9.64. The van der Waals surface area contributed by atoms with Gasteiger partial charge in [-0.2, -0.15) is 0 Å². The van der Waals surface area contributed by atoms with Crippen LogP contribution in [-0.4, -0.2) is 71.8 Å². The molecule has 0 aromatic heterocycles. The van der Waals surface area contributed by atoms with Crippen molar-refractivity contribution in [1.82, 2.24) is 10.6 Å². The first-order chi connectivity index (χ1) is 27.0. The van der Waals surface area contributed by atoms with Crippen molar-refractivity contribution in [3.05, 3.63) is 101 Å². The first kappa shape index (κ1) is 38.9. The molecule has 4 aromatic carbocycles. The van der Waals surface area contributed by atoms with E-state index in [0.29, 0.717) is 43.7 Å². The molecule has 2 heterocycles. The number of carbonyl (C=O) groups is 1. The molecule has 56 heavy (non-hydrogen) atoms. The molecule has 4 unspecified atom stereocenters. The first-order valence-electron chi connectivity index (χ1n) is 19.5. The minimum Gasteiger partial charge on any atom is -0.508 e. The number of ketones is 1. The molecule has 1 fully saturated rings. The highest BCUT2D eigenvalue weighted by Gasteiger charge is 2.50. The lowest BCUT2D eigenvalue weighted by molar-refractivity contribution is -0.132. The number of anilines is 1. The Kier molecular flexibility index (Phi) is 11.4. The molecule has 2 bridgehead atoms. The number of aliphatic hydroxyl groups is 1. The molecule has 11 nitrogen and oxygen atoms in total. The van der Waals surface area contributed by atoms with Gasteiger partial charge in [0.05, 0.1) is 26.2 Å². The van der Waals surface area contributed by atoms with Gasteiger partial charge in [0, 0.05) is 30.6 Å². The number of benzene rings is 4. The maximum absolute atomic E-state index is 15.4. The Balaban J connectivity index is 1.39. The van der Waals surface area contributed by atoms with E-state index in [0.717, 1.165) is 64.7 Å². The van der Waals surface area contributed by atoms with Gasteiger partial charge in [0.1, 0.15) is 17.4 Å². The van der Waals surface area contributed by atoms with Crippen LogP contribution in [0, 0.1) is 11.3 Å². The minimum atomic E-state index is -0.989. The average Bonchev–Trinajstić information content (AvgIpc) is 3.68. The summed E-state index contributed by atoms with van der Waals surface area (Å²) in [6, 6.07) is 17.8. The van der Waals surface area contributed by atoms with E-state index in [4.69, 9.17) is 9.47 Å². The third-order valence-electron chi connectivity index (χ3n) is 12.2. The van der Waals surface area contributed by atoms with E-state index in [1.807, 2.05) is 31.3 Å². The molecule has 3 aliphatic rings. The topological polar surface area (TPSA) is 173 Å². The molecule has 1 aliphatic carbocycles. The number of likely N-dealkylation sites (N-methyl/N-ethyl adjacent to an activating group) is 1. The van der Waals surface area contributed by atoms with Gasteiger partial charge in [0.25, 0.3) is 0 Å². The van der Waals surface area contributed by atoms with Crippen LogP contribution >= 0.6 is 0 Å². The Bertz CT molecular complexity index is 2160. The maximum Gasteiger partial charge on any atom is 0.200 e. The zero-order chi connectivity index (χ0) is 39.6. The number of hydrogen-bond acceptors (Lipinski definition) is 11. The lowest BCUT2D eigenvalue weighted by atomic mass is 9.62. The van der Waals surface area contributed by atoms with E-state index in [-0.39, 0.29) is 46.9 Å². The molecule has 296 valence electrons. The molecule has 2 aliphatic heterocycles. The van der Waals surface area contributed by atoms with Crippen molar-refractivity contribution < 1.29 is 39.8 Å². The number of allylic oxidation sites excluding steroid dienone is 2. The number of phenolic OH excluding ortho intramolecular Hbond substituents is 4. The van der Waals surface area contributed by atoms with E-state index in [1.165, 1.54) is 20.3 Å². The number of nitrogens with one attached hydrogen (secondary N) is 3. The number of aliphatic hydroxyl groups excluding tert-OH is 1. The van der Waals surface area contributed by atoms with Crippen molar-refractivity contribution in [2.75, 3.05) is 39.7 Å². The Labute approximate surface area is 327 Å². The summed E-state index contributed by atoms with van der Waals surface area (Å²) in [6.45, 7) is 1.09.